The molecule has 0 radical (unpaired) electrons. The molecular weight excluding hydrogens is 394 g/mol. The van der Waals surface area contributed by atoms with Crippen molar-refractivity contribution in [3.63, 3.8) is 0 Å². The number of benzene rings is 2. The molecule has 1 N–H and O–H groups in total. The van der Waals surface area contributed by atoms with Crippen molar-refractivity contribution in [2.75, 3.05) is 19.5 Å². The van der Waals surface area contributed by atoms with Crippen molar-refractivity contribution in [2.45, 2.75) is 20.5 Å². The van der Waals surface area contributed by atoms with Crippen LogP contribution >= 0.6 is 0 Å². The first-order valence-corrected chi connectivity index (χ1v) is 9.78. The van der Waals surface area contributed by atoms with Gasteiger partial charge in [-0.2, -0.15) is 5.10 Å². The lowest BCUT2D eigenvalue weighted by Crippen LogP contribution is -2.18. The van der Waals surface area contributed by atoms with Gasteiger partial charge in [0.1, 0.15) is 5.75 Å². The number of nitrogens with zero attached hydrogens (tertiary/aromatic N) is 4. The van der Waals surface area contributed by atoms with Crippen molar-refractivity contribution in [1.82, 2.24) is 19.8 Å². The molecule has 0 unspecified atom stereocenters. The predicted octanol–water partition coefficient (Wildman–Crippen LogP) is 3.82. The quantitative estimate of drug-likeness (QED) is 0.513. The Hall–Kier alpha value is -3.78. The molecule has 2 heterocycles. The second kappa shape index (κ2) is 8.53. The monoisotopic (exact) mass is 417 g/mol. The Labute approximate surface area is 179 Å². The maximum Gasteiger partial charge on any atom is 0.278 e. The molecule has 0 aliphatic heterocycles. The van der Waals surface area contributed by atoms with E-state index in [1.165, 1.54) is 0 Å². The van der Waals surface area contributed by atoms with Crippen molar-refractivity contribution in [1.29, 1.82) is 0 Å². The lowest BCUT2D eigenvalue weighted by atomic mass is 10.1. The van der Waals surface area contributed by atoms with Crippen molar-refractivity contribution in [3.05, 3.63) is 71.2 Å². The number of carbonyl (C=O) groups is 1. The number of ether oxygens (including phenoxy) is 2. The topological polar surface area (TPSA) is 90.6 Å². The van der Waals surface area contributed by atoms with Gasteiger partial charge in [0.2, 0.25) is 0 Å². The van der Waals surface area contributed by atoms with Crippen LogP contribution in [0.1, 0.15) is 27.4 Å². The summed E-state index contributed by atoms with van der Waals surface area (Å²) < 4.78 is 12.2. The van der Waals surface area contributed by atoms with Gasteiger partial charge in [0.25, 0.3) is 5.91 Å². The molecule has 2 aromatic heterocycles. The highest BCUT2D eigenvalue weighted by atomic mass is 16.5. The molecule has 2 aromatic carbocycles. The number of amides is 1. The van der Waals surface area contributed by atoms with Gasteiger partial charge < -0.3 is 14.8 Å². The van der Waals surface area contributed by atoms with Crippen LogP contribution in [-0.4, -0.2) is 39.9 Å². The van der Waals surface area contributed by atoms with Crippen LogP contribution in [0.5, 0.6) is 5.75 Å². The smallest absolute Gasteiger partial charge is 0.278 e. The number of fused-ring (bicyclic) bond motifs is 1. The number of aromatic nitrogens is 4. The highest BCUT2D eigenvalue weighted by molar-refractivity contribution is 6.03. The van der Waals surface area contributed by atoms with E-state index in [1.807, 2.05) is 55.5 Å². The third-order valence-electron chi connectivity index (χ3n) is 5.02. The minimum atomic E-state index is -0.342. The molecule has 0 aliphatic carbocycles. The molecular formula is C23H23N5O3. The summed E-state index contributed by atoms with van der Waals surface area (Å²) in [6, 6.07) is 15.2. The second-order valence-corrected chi connectivity index (χ2v) is 7.17. The SMILES string of the molecule is COCc1nn2c(C)c(C(=O)Nc3ccc(C)cc3)nnc2c1-c1ccc(OC)cc1. The van der Waals surface area contributed by atoms with E-state index >= 15 is 0 Å². The van der Waals surface area contributed by atoms with Gasteiger partial charge >= 0.3 is 0 Å². The van der Waals surface area contributed by atoms with Crippen LogP contribution in [-0.2, 0) is 11.3 Å². The van der Waals surface area contributed by atoms with Crippen LogP contribution in [0.4, 0.5) is 5.69 Å². The first-order chi connectivity index (χ1) is 15.0. The van der Waals surface area contributed by atoms with Crippen LogP contribution in [0.25, 0.3) is 16.8 Å². The van der Waals surface area contributed by atoms with Gasteiger partial charge in [0, 0.05) is 12.8 Å². The third-order valence-corrected chi connectivity index (χ3v) is 5.02. The van der Waals surface area contributed by atoms with Gasteiger partial charge in [-0.3, -0.25) is 4.79 Å². The molecule has 0 saturated carbocycles. The van der Waals surface area contributed by atoms with Crippen molar-refractivity contribution in [3.8, 4) is 16.9 Å². The first kappa shape index (κ1) is 20.5. The molecule has 0 aliphatic rings. The zero-order chi connectivity index (χ0) is 22.0. The van der Waals surface area contributed by atoms with Gasteiger partial charge in [-0.1, -0.05) is 29.8 Å². The molecule has 0 saturated heterocycles. The summed E-state index contributed by atoms with van der Waals surface area (Å²) in [4.78, 5) is 12.8. The molecule has 0 bridgehead atoms. The number of anilines is 1. The minimum absolute atomic E-state index is 0.209. The van der Waals surface area contributed by atoms with E-state index in [4.69, 9.17) is 9.47 Å². The zero-order valence-corrected chi connectivity index (χ0v) is 17.8. The van der Waals surface area contributed by atoms with E-state index in [-0.39, 0.29) is 11.6 Å². The molecule has 4 aromatic rings. The number of rotatable bonds is 6. The molecule has 8 heteroatoms. The van der Waals surface area contributed by atoms with Crippen LogP contribution in [0, 0.1) is 13.8 Å². The molecule has 0 spiro atoms. The standard InChI is InChI=1S/C23H23N5O3/c1-14-5-9-17(10-6-14)24-23(29)21-15(2)28-22(26-25-21)20(19(27-28)13-30-3)16-7-11-18(31-4)12-8-16/h5-12H,13H2,1-4H3,(H,24,29). The van der Waals surface area contributed by atoms with E-state index in [2.05, 4.69) is 20.6 Å². The predicted molar refractivity (Wildman–Crippen MR) is 117 cm³/mol. The molecule has 0 atom stereocenters. The van der Waals surface area contributed by atoms with Crippen molar-refractivity contribution >= 4 is 17.2 Å². The number of hydrogen-bond donors (Lipinski definition) is 1. The Morgan fingerprint density at radius 2 is 1.71 bits per heavy atom. The summed E-state index contributed by atoms with van der Waals surface area (Å²) in [7, 11) is 3.24. The van der Waals surface area contributed by atoms with Gasteiger partial charge in [-0.05, 0) is 43.7 Å². The summed E-state index contributed by atoms with van der Waals surface area (Å²) in [6.45, 7) is 4.09. The summed E-state index contributed by atoms with van der Waals surface area (Å²) in [6.07, 6.45) is 0. The first-order valence-electron chi connectivity index (χ1n) is 9.78. The maximum atomic E-state index is 12.8. The van der Waals surface area contributed by atoms with E-state index in [9.17, 15) is 4.79 Å². The fourth-order valence-corrected chi connectivity index (χ4v) is 3.38. The fraction of sp³-hybridized carbons (Fsp3) is 0.217. The third kappa shape index (κ3) is 3.97. The summed E-state index contributed by atoms with van der Waals surface area (Å²) in [5.74, 6) is 0.413. The van der Waals surface area contributed by atoms with E-state index in [0.29, 0.717) is 29.3 Å². The average Bonchev–Trinajstić information content (AvgIpc) is 3.15. The molecule has 8 nitrogen and oxygen atoms in total. The number of methoxy groups -OCH3 is 2. The average molecular weight is 417 g/mol. The fourth-order valence-electron chi connectivity index (χ4n) is 3.38. The number of aryl methyl sites for hydroxylation is 2. The lowest BCUT2D eigenvalue weighted by Gasteiger charge is -2.08. The Balaban J connectivity index is 1.76. The Kier molecular flexibility index (Phi) is 5.64. The van der Waals surface area contributed by atoms with Gasteiger partial charge in [-0.25, -0.2) is 4.52 Å². The highest BCUT2D eigenvalue weighted by Gasteiger charge is 2.22. The highest BCUT2D eigenvalue weighted by Crippen LogP contribution is 2.30. The number of carbonyl (C=O) groups excluding carboxylic acids is 1. The van der Waals surface area contributed by atoms with E-state index in [0.717, 1.165) is 22.4 Å². The number of nitrogens with one attached hydrogen (secondary N) is 1. The summed E-state index contributed by atoms with van der Waals surface area (Å²) in [5.41, 5.74) is 5.59. The van der Waals surface area contributed by atoms with Gasteiger partial charge in [0.15, 0.2) is 11.3 Å². The normalized spacial score (nSPS) is 11.0. The molecule has 1 amide bonds. The molecule has 158 valence electrons. The van der Waals surface area contributed by atoms with E-state index in [1.54, 1.807) is 25.7 Å². The van der Waals surface area contributed by atoms with Crippen LogP contribution in [0.2, 0.25) is 0 Å². The lowest BCUT2D eigenvalue weighted by molar-refractivity contribution is 0.102. The van der Waals surface area contributed by atoms with E-state index < -0.39 is 0 Å². The Bertz CT molecular complexity index is 1230. The van der Waals surface area contributed by atoms with Crippen molar-refractivity contribution < 1.29 is 14.3 Å². The Morgan fingerprint density at radius 1 is 1.00 bits per heavy atom. The Morgan fingerprint density at radius 3 is 2.35 bits per heavy atom. The summed E-state index contributed by atoms with van der Waals surface area (Å²) >= 11 is 0. The van der Waals surface area contributed by atoms with Gasteiger partial charge in [0.05, 0.1) is 30.7 Å². The number of hydrogen-bond acceptors (Lipinski definition) is 6. The zero-order valence-electron chi connectivity index (χ0n) is 17.8. The van der Waals surface area contributed by atoms with Crippen molar-refractivity contribution in [2.24, 2.45) is 0 Å². The summed E-state index contributed by atoms with van der Waals surface area (Å²) in [5, 5.41) is 16.1. The van der Waals surface area contributed by atoms with Gasteiger partial charge in [-0.15, -0.1) is 10.2 Å². The maximum absolute atomic E-state index is 12.8. The largest absolute Gasteiger partial charge is 0.497 e. The second-order valence-electron chi connectivity index (χ2n) is 7.17. The molecule has 0 fully saturated rings. The molecule has 31 heavy (non-hydrogen) atoms. The van der Waals surface area contributed by atoms with Crippen LogP contribution < -0.4 is 10.1 Å². The molecule has 4 rings (SSSR count). The van der Waals surface area contributed by atoms with Crippen LogP contribution in [0.3, 0.4) is 0 Å². The minimum Gasteiger partial charge on any atom is -0.497 e. The van der Waals surface area contributed by atoms with Crippen LogP contribution in [0.15, 0.2) is 48.5 Å².